The standard InChI is InChI=1S/C15H26N2S/c1-6-7-12-13(9-16-15(3,4)5)18-14(17-12)11-8-10(11)2/h10-11,16H,6-9H2,1-5H3. The molecule has 0 spiro atoms. The fourth-order valence-electron chi connectivity index (χ4n) is 2.14. The molecule has 1 aromatic rings. The highest BCUT2D eigenvalue weighted by molar-refractivity contribution is 7.11. The maximum Gasteiger partial charge on any atom is 0.0965 e. The number of hydrogen-bond donors (Lipinski definition) is 1. The van der Waals surface area contributed by atoms with E-state index in [1.807, 2.05) is 11.3 Å². The van der Waals surface area contributed by atoms with Crippen LogP contribution in [-0.4, -0.2) is 10.5 Å². The molecule has 0 amide bonds. The summed E-state index contributed by atoms with van der Waals surface area (Å²) in [5.74, 6) is 1.61. The molecule has 3 heteroatoms. The molecule has 0 radical (unpaired) electrons. The second kappa shape index (κ2) is 5.30. The largest absolute Gasteiger partial charge is 0.307 e. The minimum absolute atomic E-state index is 0.181. The summed E-state index contributed by atoms with van der Waals surface area (Å²) in [5, 5.41) is 4.98. The van der Waals surface area contributed by atoms with Crippen molar-refractivity contribution in [1.29, 1.82) is 0 Å². The topological polar surface area (TPSA) is 24.9 Å². The van der Waals surface area contributed by atoms with Crippen LogP contribution >= 0.6 is 11.3 Å². The quantitative estimate of drug-likeness (QED) is 0.867. The van der Waals surface area contributed by atoms with Gasteiger partial charge in [-0.25, -0.2) is 4.98 Å². The highest BCUT2D eigenvalue weighted by Crippen LogP contribution is 2.48. The van der Waals surface area contributed by atoms with Crippen molar-refractivity contribution in [2.24, 2.45) is 5.92 Å². The van der Waals surface area contributed by atoms with E-state index in [-0.39, 0.29) is 5.54 Å². The minimum Gasteiger partial charge on any atom is -0.307 e. The van der Waals surface area contributed by atoms with Crippen LogP contribution in [0, 0.1) is 5.92 Å². The van der Waals surface area contributed by atoms with E-state index in [1.54, 1.807) is 0 Å². The molecule has 0 saturated heterocycles. The van der Waals surface area contributed by atoms with E-state index in [2.05, 4.69) is 39.9 Å². The van der Waals surface area contributed by atoms with Gasteiger partial charge in [0, 0.05) is 22.9 Å². The Morgan fingerprint density at radius 3 is 2.56 bits per heavy atom. The van der Waals surface area contributed by atoms with Crippen LogP contribution in [0.3, 0.4) is 0 Å². The number of nitrogens with one attached hydrogen (secondary N) is 1. The third-order valence-electron chi connectivity index (χ3n) is 3.49. The molecule has 1 N–H and O–H groups in total. The van der Waals surface area contributed by atoms with Gasteiger partial charge in [0.2, 0.25) is 0 Å². The van der Waals surface area contributed by atoms with Gasteiger partial charge in [-0.1, -0.05) is 20.3 Å². The Balaban J connectivity index is 2.08. The van der Waals surface area contributed by atoms with Gasteiger partial charge in [0.15, 0.2) is 0 Å². The lowest BCUT2D eigenvalue weighted by atomic mass is 10.1. The molecule has 1 saturated carbocycles. The Labute approximate surface area is 115 Å². The molecule has 1 aliphatic rings. The van der Waals surface area contributed by atoms with Crippen LogP contribution in [0.4, 0.5) is 0 Å². The molecule has 2 atom stereocenters. The van der Waals surface area contributed by atoms with Gasteiger partial charge in [-0.3, -0.25) is 0 Å². The first-order valence-corrected chi connectivity index (χ1v) is 7.96. The van der Waals surface area contributed by atoms with E-state index in [4.69, 9.17) is 4.98 Å². The maximum atomic E-state index is 4.89. The first-order valence-electron chi connectivity index (χ1n) is 7.14. The lowest BCUT2D eigenvalue weighted by molar-refractivity contribution is 0.425. The summed E-state index contributed by atoms with van der Waals surface area (Å²) in [5.41, 5.74) is 1.52. The van der Waals surface area contributed by atoms with E-state index in [9.17, 15) is 0 Å². The lowest BCUT2D eigenvalue weighted by Crippen LogP contribution is -2.35. The normalized spacial score (nSPS) is 23.4. The monoisotopic (exact) mass is 266 g/mol. The summed E-state index contributed by atoms with van der Waals surface area (Å²) in [4.78, 5) is 6.35. The van der Waals surface area contributed by atoms with Gasteiger partial charge < -0.3 is 5.32 Å². The van der Waals surface area contributed by atoms with Crippen LogP contribution in [0.2, 0.25) is 0 Å². The molecule has 102 valence electrons. The number of aromatic nitrogens is 1. The van der Waals surface area contributed by atoms with E-state index in [1.165, 1.54) is 28.4 Å². The van der Waals surface area contributed by atoms with Crippen LogP contribution in [0.25, 0.3) is 0 Å². The molecular weight excluding hydrogens is 240 g/mol. The third-order valence-corrected chi connectivity index (χ3v) is 4.72. The third kappa shape index (κ3) is 3.55. The fraction of sp³-hybridized carbons (Fsp3) is 0.800. The van der Waals surface area contributed by atoms with Crippen molar-refractivity contribution in [3.8, 4) is 0 Å². The van der Waals surface area contributed by atoms with Crippen molar-refractivity contribution in [2.45, 2.75) is 71.9 Å². The van der Waals surface area contributed by atoms with E-state index in [0.29, 0.717) is 0 Å². The number of thiazole rings is 1. The zero-order valence-corrected chi connectivity index (χ0v) is 13.2. The Hall–Kier alpha value is -0.410. The Kier molecular flexibility index (Phi) is 4.12. The molecule has 1 aromatic heterocycles. The van der Waals surface area contributed by atoms with Crippen molar-refractivity contribution in [3.63, 3.8) is 0 Å². The van der Waals surface area contributed by atoms with Gasteiger partial charge in [-0.2, -0.15) is 0 Å². The summed E-state index contributed by atoms with van der Waals surface area (Å²) >= 11 is 1.94. The summed E-state index contributed by atoms with van der Waals surface area (Å²) in [6.45, 7) is 12.2. The summed E-state index contributed by atoms with van der Waals surface area (Å²) in [7, 11) is 0. The minimum atomic E-state index is 0.181. The average Bonchev–Trinajstić information content (AvgIpc) is 2.85. The zero-order valence-electron chi connectivity index (χ0n) is 12.3. The second-order valence-corrected chi connectivity index (χ2v) is 7.71. The van der Waals surface area contributed by atoms with Crippen molar-refractivity contribution >= 4 is 11.3 Å². The van der Waals surface area contributed by atoms with Crippen LogP contribution in [0.15, 0.2) is 0 Å². The van der Waals surface area contributed by atoms with Crippen LogP contribution in [0.1, 0.15) is 69.0 Å². The molecule has 1 fully saturated rings. The zero-order chi connectivity index (χ0) is 13.3. The Morgan fingerprint density at radius 2 is 2.06 bits per heavy atom. The number of aryl methyl sites for hydroxylation is 1. The van der Waals surface area contributed by atoms with Crippen LogP contribution < -0.4 is 5.32 Å². The van der Waals surface area contributed by atoms with Crippen molar-refractivity contribution < 1.29 is 0 Å². The lowest BCUT2D eigenvalue weighted by Gasteiger charge is -2.20. The molecule has 0 aromatic carbocycles. The SMILES string of the molecule is CCCc1nc(C2CC2C)sc1CNC(C)(C)C. The van der Waals surface area contributed by atoms with E-state index in [0.717, 1.165) is 24.8 Å². The highest BCUT2D eigenvalue weighted by atomic mass is 32.1. The summed E-state index contributed by atoms with van der Waals surface area (Å²) in [6, 6.07) is 0. The fourth-order valence-corrected chi connectivity index (χ4v) is 3.44. The van der Waals surface area contributed by atoms with Crippen molar-refractivity contribution in [1.82, 2.24) is 10.3 Å². The first-order chi connectivity index (χ1) is 8.40. The summed E-state index contributed by atoms with van der Waals surface area (Å²) < 4.78 is 0. The number of hydrogen-bond acceptors (Lipinski definition) is 3. The molecule has 0 bridgehead atoms. The van der Waals surface area contributed by atoms with Gasteiger partial charge >= 0.3 is 0 Å². The predicted molar refractivity (Wildman–Crippen MR) is 79.2 cm³/mol. The van der Waals surface area contributed by atoms with Crippen molar-refractivity contribution in [2.75, 3.05) is 0 Å². The van der Waals surface area contributed by atoms with Gasteiger partial charge in [-0.15, -0.1) is 11.3 Å². The number of rotatable bonds is 5. The Bertz CT molecular complexity index is 403. The van der Waals surface area contributed by atoms with Gasteiger partial charge in [-0.05, 0) is 39.5 Å². The predicted octanol–water partition coefficient (Wildman–Crippen LogP) is 4.11. The summed E-state index contributed by atoms with van der Waals surface area (Å²) in [6.07, 6.45) is 3.65. The van der Waals surface area contributed by atoms with Crippen molar-refractivity contribution in [3.05, 3.63) is 15.6 Å². The van der Waals surface area contributed by atoms with E-state index >= 15 is 0 Å². The smallest absolute Gasteiger partial charge is 0.0965 e. The Morgan fingerprint density at radius 1 is 1.39 bits per heavy atom. The van der Waals surface area contributed by atoms with Gasteiger partial charge in [0.1, 0.15) is 0 Å². The highest BCUT2D eigenvalue weighted by Gasteiger charge is 2.37. The molecule has 1 heterocycles. The second-order valence-electron chi connectivity index (χ2n) is 6.60. The van der Waals surface area contributed by atoms with Gasteiger partial charge in [0.05, 0.1) is 10.7 Å². The molecule has 1 aliphatic carbocycles. The number of nitrogens with zero attached hydrogens (tertiary/aromatic N) is 1. The van der Waals surface area contributed by atoms with Crippen LogP contribution in [0.5, 0.6) is 0 Å². The molecule has 2 nitrogen and oxygen atoms in total. The molecule has 2 rings (SSSR count). The molecule has 18 heavy (non-hydrogen) atoms. The molecular formula is C15H26N2S. The molecule has 2 unspecified atom stereocenters. The van der Waals surface area contributed by atoms with E-state index < -0.39 is 0 Å². The maximum absolute atomic E-state index is 4.89. The van der Waals surface area contributed by atoms with Gasteiger partial charge in [0.25, 0.3) is 0 Å². The average molecular weight is 266 g/mol. The first kappa shape index (κ1) is 14.0. The molecule has 0 aliphatic heterocycles. The van der Waals surface area contributed by atoms with Crippen LogP contribution in [-0.2, 0) is 13.0 Å².